The molecule has 0 aromatic heterocycles. The molecule has 2 aliphatic rings. The number of hydrogen-bond acceptors (Lipinski definition) is 5. The second-order valence-electron chi connectivity index (χ2n) is 8.76. The Labute approximate surface area is 197 Å². The zero-order valence-electron chi connectivity index (χ0n) is 19.4. The zero-order valence-corrected chi connectivity index (χ0v) is 20.2. The highest BCUT2D eigenvalue weighted by Crippen LogP contribution is 2.22. The lowest BCUT2D eigenvalue weighted by atomic mass is 10.2. The third-order valence-electron chi connectivity index (χ3n) is 6.63. The van der Waals surface area contributed by atoms with E-state index in [1.54, 1.807) is 16.4 Å². The third-order valence-corrected chi connectivity index (χ3v) is 8.54. The quantitative estimate of drug-likeness (QED) is 0.698. The molecule has 2 heterocycles. The molecule has 0 saturated carbocycles. The monoisotopic (exact) mass is 470 g/mol. The van der Waals surface area contributed by atoms with E-state index in [1.807, 2.05) is 24.3 Å². The van der Waals surface area contributed by atoms with Crippen LogP contribution in [0.1, 0.15) is 43.0 Å². The molecule has 33 heavy (non-hydrogen) atoms. The number of nitrogens with one attached hydrogen (secondary N) is 1. The van der Waals surface area contributed by atoms with Gasteiger partial charge in [-0.25, -0.2) is 8.42 Å². The molecule has 2 saturated heterocycles. The Morgan fingerprint density at radius 1 is 0.818 bits per heavy atom. The number of carbonyl (C=O) groups excluding carboxylic acids is 1. The summed E-state index contributed by atoms with van der Waals surface area (Å²) in [4.78, 5) is 17.7. The second-order valence-corrected chi connectivity index (χ2v) is 10.7. The van der Waals surface area contributed by atoms with Gasteiger partial charge >= 0.3 is 0 Å². The Kier molecular flexibility index (Phi) is 7.67. The molecule has 1 N–H and O–H groups in total. The molecular weight excluding hydrogens is 436 g/mol. The van der Waals surface area contributed by atoms with Crippen LogP contribution < -0.4 is 10.2 Å². The lowest BCUT2D eigenvalue weighted by molar-refractivity contribution is 0.102. The minimum atomic E-state index is -3.51. The Bertz CT molecular complexity index is 1020. The first kappa shape index (κ1) is 23.7. The molecule has 178 valence electrons. The van der Waals surface area contributed by atoms with Crippen molar-refractivity contribution in [3.05, 3.63) is 54.1 Å². The number of sulfonamides is 1. The topological polar surface area (TPSA) is 73.0 Å². The van der Waals surface area contributed by atoms with Crippen LogP contribution in [0, 0.1) is 0 Å². The molecular formula is C25H34N4O3S. The predicted molar refractivity (Wildman–Crippen MR) is 132 cm³/mol. The van der Waals surface area contributed by atoms with E-state index in [1.165, 1.54) is 12.1 Å². The molecule has 0 aliphatic carbocycles. The maximum absolute atomic E-state index is 12.9. The van der Waals surface area contributed by atoms with Gasteiger partial charge in [0.1, 0.15) is 0 Å². The molecule has 0 unspecified atom stereocenters. The first-order valence-electron chi connectivity index (χ1n) is 12.0. The van der Waals surface area contributed by atoms with Crippen molar-refractivity contribution in [2.45, 2.75) is 37.5 Å². The standard InChI is InChI=1S/C25H34N4O3S/c1-2-27-17-19-28(20-18-27)23-11-9-22(10-12-23)26-25(30)21-7-13-24(14-8-21)33(31,32)29-15-5-3-4-6-16-29/h7-14H,2-6,15-20H2,1H3,(H,26,30). The van der Waals surface area contributed by atoms with E-state index < -0.39 is 10.0 Å². The van der Waals surface area contributed by atoms with Crippen LogP contribution in [0.15, 0.2) is 53.4 Å². The van der Waals surface area contributed by atoms with Crippen LogP contribution in [0.25, 0.3) is 0 Å². The van der Waals surface area contributed by atoms with Crippen LogP contribution in [0.5, 0.6) is 0 Å². The molecule has 2 fully saturated rings. The predicted octanol–water partition coefficient (Wildman–Crippen LogP) is 3.65. The van der Waals surface area contributed by atoms with Gasteiger partial charge in [0, 0.05) is 56.2 Å². The fraction of sp³-hybridized carbons (Fsp3) is 0.480. The molecule has 8 heteroatoms. The van der Waals surface area contributed by atoms with Crippen LogP contribution in [-0.2, 0) is 10.0 Å². The first-order valence-corrected chi connectivity index (χ1v) is 13.4. The number of piperazine rings is 1. The minimum Gasteiger partial charge on any atom is -0.369 e. The summed E-state index contributed by atoms with van der Waals surface area (Å²) in [6, 6.07) is 14.1. The van der Waals surface area contributed by atoms with E-state index in [2.05, 4.69) is 22.0 Å². The molecule has 0 atom stereocenters. The van der Waals surface area contributed by atoms with E-state index in [0.29, 0.717) is 18.7 Å². The van der Waals surface area contributed by atoms with Crippen molar-refractivity contribution < 1.29 is 13.2 Å². The van der Waals surface area contributed by atoms with E-state index in [0.717, 1.165) is 69.8 Å². The second kappa shape index (κ2) is 10.7. The normalized spacial score (nSPS) is 18.6. The average molecular weight is 471 g/mol. The summed E-state index contributed by atoms with van der Waals surface area (Å²) in [6.07, 6.45) is 3.93. The van der Waals surface area contributed by atoms with Gasteiger partial charge in [0.2, 0.25) is 10.0 Å². The lowest BCUT2D eigenvalue weighted by Gasteiger charge is -2.35. The Morgan fingerprint density at radius 2 is 1.42 bits per heavy atom. The molecule has 0 bridgehead atoms. The highest BCUT2D eigenvalue weighted by molar-refractivity contribution is 7.89. The van der Waals surface area contributed by atoms with Gasteiger partial charge in [0.25, 0.3) is 5.91 Å². The third kappa shape index (κ3) is 5.75. The molecule has 1 amide bonds. The summed E-state index contributed by atoms with van der Waals surface area (Å²) in [7, 11) is -3.51. The van der Waals surface area contributed by atoms with Gasteiger partial charge in [-0.05, 0) is 67.9 Å². The lowest BCUT2D eigenvalue weighted by Crippen LogP contribution is -2.46. The summed E-state index contributed by atoms with van der Waals surface area (Å²) in [5, 5.41) is 2.91. The largest absolute Gasteiger partial charge is 0.369 e. The van der Waals surface area contributed by atoms with Crippen LogP contribution in [0.2, 0.25) is 0 Å². The smallest absolute Gasteiger partial charge is 0.255 e. The van der Waals surface area contributed by atoms with Gasteiger partial charge in [0.05, 0.1) is 4.90 Å². The Morgan fingerprint density at radius 3 is 2.00 bits per heavy atom. The first-order chi connectivity index (χ1) is 16.0. The van der Waals surface area contributed by atoms with Gasteiger partial charge in [-0.15, -0.1) is 0 Å². The zero-order chi connectivity index (χ0) is 23.3. The number of likely N-dealkylation sites (N-methyl/N-ethyl adjacent to an activating group) is 1. The summed E-state index contributed by atoms with van der Waals surface area (Å²) in [5.74, 6) is -0.252. The maximum Gasteiger partial charge on any atom is 0.255 e. The van der Waals surface area contributed by atoms with E-state index in [9.17, 15) is 13.2 Å². The fourth-order valence-corrected chi connectivity index (χ4v) is 6.01. The van der Waals surface area contributed by atoms with Crippen LogP contribution >= 0.6 is 0 Å². The SMILES string of the molecule is CCN1CCN(c2ccc(NC(=O)c3ccc(S(=O)(=O)N4CCCCCC4)cc3)cc2)CC1. The summed E-state index contributed by atoms with van der Waals surface area (Å²) in [6.45, 7) is 8.55. The molecule has 2 aromatic carbocycles. The Balaban J connectivity index is 1.37. The van der Waals surface area contributed by atoms with Crippen molar-refractivity contribution >= 4 is 27.3 Å². The average Bonchev–Trinajstić information content (AvgIpc) is 3.15. The number of anilines is 2. The molecule has 4 rings (SSSR count). The number of hydrogen-bond donors (Lipinski definition) is 1. The summed E-state index contributed by atoms with van der Waals surface area (Å²) < 4.78 is 27.4. The highest BCUT2D eigenvalue weighted by atomic mass is 32.2. The highest BCUT2D eigenvalue weighted by Gasteiger charge is 2.25. The van der Waals surface area contributed by atoms with Crippen LogP contribution in [0.3, 0.4) is 0 Å². The van der Waals surface area contributed by atoms with Gasteiger partial charge in [-0.3, -0.25) is 4.79 Å². The van der Waals surface area contributed by atoms with Crippen LogP contribution in [0.4, 0.5) is 11.4 Å². The van der Waals surface area contributed by atoms with Gasteiger partial charge in [-0.2, -0.15) is 4.31 Å². The van der Waals surface area contributed by atoms with Crippen molar-refractivity contribution in [3.8, 4) is 0 Å². The van der Waals surface area contributed by atoms with Crippen LogP contribution in [-0.4, -0.2) is 69.3 Å². The summed E-state index contributed by atoms with van der Waals surface area (Å²) in [5.41, 5.74) is 2.31. The molecule has 0 spiro atoms. The van der Waals surface area contributed by atoms with Crippen molar-refractivity contribution in [2.24, 2.45) is 0 Å². The van der Waals surface area contributed by atoms with Crippen molar-refractivity contribution in [2.75, 3.05) is 56.0 Å². The molecule has 7 nitrogen and oxygen atoms in total. The summed E-state index contributed by atoms with van der Waals surface area (Å²) >= 11 is 0. The fourth-order valence-electron chi connectivity index (χ4n) is 4.49. The Hall–Kier alpha value is -2.42. The van der Waals surface area contributed by atoms with Gasteiger partial charge in [0.15, 0.2) is 0 Å². The van der Waals surface area contributed by atoms with Crippen molar-refractivity contribution in [1.29, 1.82) is 0 Å². The molecule has 2 aliphatic heterocycles. The molecule has 2 aromatic rings. The number of amides is 1. The number of rotatable bonds is 6. The number of nitrogens with zero attached hydrogens (tertiary/aromatic N) is 3. The van der Waals surface area contributed by atoms with E-state index in [-0.39, 0.29) is 10.8 Å². The van der Waals surface area contributed by atoms with E-state index in [4.69, 9.17) is 0 Å². The van der Waals surface area contributed by atoms with Gasteiger partial charge < -0.3 is 15.1 Å². The number of carbonyl (C=O) groups is 1. The minimum absolute atomic E-state index is 0.244. The van der Waals surface area contributed by atoms with E-state index >= 15 is 0 Å². The maximum atomic E-state index is 12.9. The number of benzene rings is 2. The molecule has 0 radical (unpaired) electrons. The van der Waals surface area contributed by atoms with Crippen molar-refractivity contribution in [1.82, 2.24) is 9.21 Å². The van der Waals surface area contributed by atoms with Gasteiger partial charge in [-0.1, -0.05) is 19.8 Å². The van der Waals surface area contributed by atoms with Crippen molar-refractivity contribution in [3.63, 3.8) is 0 Å².